The molecule has 1 heterocycles. The van der Waals surface area contributed by atoms with Crippen molar-refractivity contribution in [3.8, 4) is 0 Å². The van der Waals surface area contributed by atoms with Gasteiger partial charge in [-0.3, -0.25) is 4.79 Å². The van der Waals surface area contributed by atoms with Crippen molar-refractivity contribution in [2.75, 3.05) is 13.1 Å². The third-order valence-electron chi connectivity index (χ3n) is 3.01. The van der Waals surface area contributed by atoms with Crippen LogP contribution in [0.15, 0.2) is 0 Å². The number of carbonyl (C=O) groups is 1. The van der Waals surface area contributed by atoms with E-state index < -0.39 is 0 Å². The molecule has 0 spiro atoms. The summed E-state index contributed by atoms with van der Waals surface area (Å²) in [7, 11) is 0. The van der Waals surface area contributed by atoms with E-state index >= 15 is 0 Å². The van der Waals surface area contributed by atoms with Crippen molar-refractivity contribution in [1.29, 1.82) is 0 Å². The van der Waals surface area contributed by atoms with Gasteiger partial charge in [-0.25, -0.2) is 0 Å². The zero-order valence-electron chi connectivity index (χ0n) is 8.25. The highest BCUT2D eigenvalue weighted by Crippen LogP contribution is 2.30. The number of rotatable bonds is 2. The predicted molar refractivity (Wildman–Crippen MR) is 51.4 cm³/mol. The smallest absolute Gasteiger partial charge is 0.219 e. The number of nitrogens with zero attached hydrogens (tertiary/aromatic N) is 1. The molecule has 3 heteroatoms. The minimum atomic E-state index is 0.273. The fraction of sp³-hybridized carbons (Fsp3) is 0.900. The lowest BCUT2D eigenvalue weighted by molar-refractivity contribution is -0.132. The average Bonchev–Trinajstić information content (AvgIpc) is 2.90. The molecule has 1 aliphatic heterocycles. The lowest BCUT2D eigenvalue weighted by Crippen LogP contribution is -2.46. The minimum Gasteiger partial charge on any atom is -0.337 e. The number of hydrogen-bond donors (Lipinski definition) is 1. The highest BCUT2D eigenvalue weighted by atomic mass is 16.2. The lowest BCUT2D eigenvalue weighted by Gasteiger charge is -2.34. The van der Waals surface area contributed by atoms with Gasteiger partial charge in [0.15, 0.2) is 0 Å². The van der Waals surface area contributed by atoms with Crippen LogP contribution in [0.5, 0.6) is 0 Å². The van der Waals surface area contributed by atoms with E-state index in [4.69, 9.17) is 0 Å². The van der Waals surface area contributed by atoms with Crippen molar-refractivity contribution in [2.24, 2.45) is 0 Å². The van der Waals surface area contributed by atoms with Crippen LogP contribution in [0.1, 0.15) is 32.6 Å². The summed E-state index contributed by atoms with van der Waals surface area (Å²) in [5.74, 6) is 0.273. The summed E-state index contributed by atoms with van der Waals surface area (Å²) in [5.41, 5.74) is 0. The first-order valence-corrected chi connectivity index (χ1v) is 5.28. The molecular weight excluding hydrogens is 164 g/mol. The van der Waals surface area contributed by atoms with Crippen LogP contribution in [-0.2, 0) is 4.79 Å². The highest BCUT2D eigenvalue weighted by Gasteiger charge is 2.35. The van der Waals surface area contributed by atoms with Crippen LogP contribution in [0.4, 0.5) is 0 Å². The van der Waals surface area contributed by atoms with Crippen LogP contribution < -0.4 is 5.32 Å². The Morgan fingerprint density at radius 2 is 1.69 bits per heavy atom. The summed E-state index contributed by atoms with van der Waals surface area (Å²) in [6.45, 7) is 3.85. The maximum Gasteiger partial charge on any atom is 0.219 e. The summed E-state index contributed by atoms with van der Waals surface area (Å²) in [6, 6.07) is 1.10. The molecule has 0 unspecified atom stereocenters. The van der Waals surface area contributed by atoms with E-state index in [1.54, 1.807) is 6.92 Å². The van der Waals surface area contributed by atoms with Crippen LogP contribution >= 0.6 is 0 Å². The van der Waals surface area contributed by atoms with E-state index in [9.17, 15) is 4.79 Å². The van der Waals surface area contributed by atoms with Crippen molar-refractivity contribution in [3.05, 3.63) is 0 Å². The quantitative estimate of drug-likeness (QED) is 0.683. The number of carbonyl (C=O) groups excluding carboxylic acids is 1. The Balaban J connectivity index is 1.96. The van der Waals surface area contributed by atoms with Gasteiger partial charge in [0.2, 0.25) is 5.91 Å². The Labute approximate surface area is 79.5 Å². The van der Waals surface area contributed by atoms with Crippen LogP contribution in [0, 0.1) is 0 Å². The third kappa shape index (κ3) is 2.02. The molecule has 74 valence electrons. The molecule has 1 saturated heterocycles. The fourth-order valence-electron chi connectivity index (χ4n) is 2.25. The first-order valence-electron chi connectivity index (χ1n) is 5.28. The number of piperidine rings is 1. The Kier molecular flexibility index (Phi) is 2.54. The summed E-state index contributed by atoms with van der Waals surface area (Å²) < 4.78 is 0. The number of amides is 1. The zero-order chi connectivity index (χ0) is 9.26. The first kappa shape index (κ1) is 9.00. The average molecular weight is 182 g/mol. The minimum absolute atomic E-state index is 0.273. The molecule has 0 aromatic heterocycles. The molecule has 3 nitrogen and oxygen atoms in total. The third-order valence-corrected chi connectivity index (χ3v) is 3.01. The van der Waals surface area contributed by atoms with Crippen molar-refractivity contribution in [2.45, 2.75) is 44.7 Å². The molecule has 0 radical (unpaired) electrons. The Morgan fingerprint density at radius 1 is 1.15 bits per heavy atom. The van der Waals surface area contributed by atoms with E-state index in [2.05, 4.69) is 10.2 Å². The van der Waals surface area contributed by atoms with Crippen LogP contribution in [0.2, 0.25) is 0 Å². The van der Waals surface area contributed by atoms with Gasteiger partial charge in [-0.05, 0) is 38.8 Å². The molecule has 2 aliphatic rings. The SMILES string of the molecule is CC(=O)N(C1CCNCC1)C1CC1. The monoisotopic (exact) mass is 182 g/mol. The largest absolute Gasteiger partial charge is 0.337 e. The van der Waals surface area contributed by atoms with Crippen LogP contribution in [0.25, 0.3) is 0 Å². The summed E-state index contributed by atoms with van der Waals surface area (Å²) in [6.07, 6.45) is 4.72. The second-order valence-electron chi connectivity index (χ2n) is 4.14. The molecule has 1 N–H and O–H groups in total. The van der Waals surface area contributed by atoms with Gasteiger partial charge in [-0.1, -0.05) is 0 Å². The van der Waals surface area contributed by atoms with Crippen molar-refractivity contribution in [1.82, 2.24) is 10.2 Å². The molecule has 1 amide bonds. The van der Waals surface area contributed by atoms with Gasteiger partial charge in [0, 0.05) is 19.0 Å². The standard InChI is InChI=1S/C10H18N2O/c1-8(13)12(9-2-3-9)10-4-6-11-7-5-10/h9-11H,2-7H2,1H3. The molecule has 0 atom stereocenters. The summed E-state index contributed by atoms with van der Waals surface area (Å²) >= 11 is 0. The van der Waals surface area contributed by atoms with Gasteiger partial charge in [-0.2, -0.15) is 0 Å². The highest BCUT2D eigenvalue weighted by molar-refractivity contribution is 5.74. The van der Waals surface area contributed by atoms with E-state index in [1.165, 1.54) is 12.8 Å². The van der Waals surface area contributed by atoms with Gasteiger partial charge in [0.1, 0.15) is 0 Å². The molecule has 13 heavy (non-hydrogen) atoms. The van der Waals surface area contributed by atoms with Crippen molar-refractivity contribution in [3.63, 3.8) is 0 Å². The second-order valence-corrected chi connectivity index (χ2v) is 4.14. The molecular formula is C10H18N2O. The normalized spacial score (nSPS) is 24.4. The van der Waals surface area contributed by atoms with E-state index in [1.807, 2.05) is 0 Å². The maximum absolute atomic E-state index is 11.4. The topological polar surface area (TPSA) is 32.3 Å². The molecule has 0 bridgehead atoms. The second kappa shape index (κ2) is 3.66. The lowest BCUT2D eigenvalue weighted by atomic mass is 10.0. The first-order chi connectivity index (χ1) is 6.29. The molecule has 2 fully saturated rings. The number of nitrogens with one attached hydrogen (secondary N) is 1. The summed E-state index contributed by atoms with van der Waals surface area (Å²) in [5, 5.41) is 3.33. The van der Waals surface area contributed by atoms with Gasteiger partial charge >= 0.3 is 0 Å². The molecule has 0 aromatic rings. The molecule has 1 aliphatic carbocycles. The van der Waals surface area contributed by atoms with Gasteiger partial charge in [-0.15, -0.1) is 0 Å². The van der Waals surface area contributed by atoms with Gasteiger partial charge in [0.05, 0.1) is 0 Å². The van der Waals surface area contributed by atoms with E-state index in [0.717, 1.165) is 25.9 Å². The molecule has 2 rings (SSSR count). The van der Waals surface area contributed by atoms with Gasteiger partial charge < -0.3 is 10.2 Å². The predicted octanol–water partition coefficient (Wildman–Crippen LogP) is 0.749. The van der Waals surface area contributed by atoms with E-state index in [-0.39, 0.29) is 5.91 Å². The van der Waals surface area contributed by atoms with Gasteiger partial charge in [0.25, 0.3) is 0 Å². The molecule has 0 aromatic carbocycles. The Bertz CT molecular complexity index is 195. The zero-order valence-corrected chi connectivity index (χ0v) is 8.25. The Hall–Kier alpha value is -0.570. The maximum atomic E-state index is 11.4. The number of hydrogen-bond acceptors (Lipinski definition) is 2. The van der Waals surface area contributed by atoms with E-state index in [0.29, 0.717) is 12.1 Å². The summed E-state index contributed by atoms with van der Waals surface area (Å²) in [4.78, 5) is 13.6. The van der Waals surface area contributed by atoms with Crippen molar-refractivity contribution >= 4 is 5.91 Å². The van der Waals surface area contributed by atoms with Crippen LogP contribution in [0.3, 0.4) is 0 Å². The Morgan fingerprint density at radius 3 is 2.15 bits per heavy atom. The molecule has 1 saturated carbocycles. The fourth-order valence-corrected chi connectivity index (χ4v) is 2.25. The van der Waals surface area contributed by atoms with Crippen molar-refractivity contribution < 1.29 is 4.79 Å². The van der Waals surface area contributed by atoms with Crippen LogP contribution in [-0.4, -0.2) is 36.0 Å².